The maximum absolute atomic E-state index is 11.7. The van der Waals surface area contributed by atoms with E-state index in [1.807, 2.05) is 18.5 Å². The van der Waals surface area contributed by atoms with Crippen LogP contribution < -0.4 is 5.56 Å². The third-order valence-electron chi connectivity index (χ3n) is 4.48. The minimum Gasteiger partial charge on any atom is -0.374 e. The van der Waals surface area contributed by atoms with Gasteiger partial charge >= 0.3 is 0 Å². The Balaban J connectivity index is 1.70. The number of aromatic nitrogens is 4. The molecule has 3 heterocycles. The average Bonchev–Trinajstić information content (AvgIpc) is 2.83. The molecule has 130 valence electrons. The number of H-pyrrole nitrogens is 1. The number of morpholine rings is 1. The molecular formula is C17H25N5O2. The van der Waals surface area contributed by atoms with Crippen LogP contribution in [-0.4, -0.2) is 50.4 Å². The first kappa shape index (κ1) is 16.9. The quantitative estimate of drug-likeness (QED) is 0.915. The molecule has 2 aromatic rings. The lowest BCUT2D eigenvalue weighted by molar-refractivity contribution is -0.0509. The minimum absolute atomic E-state index is 0.0458. The Labute approximate surface area is 141 Å². The molecule has 1 N–H and O–H groups in total. The van der Waals surface area contributed by atoms with Crippen LogP contribution in [0.3, 0.4) is 0 Å². The van der Waals surface area contributed by atoms with Gasteiger partial charge in [0, 0.05) is 30.5 Å². The van der Waals surface area contributed by atoms with Gasteiger partial charge in [0.1, 0.15) is 5.82 Å². The normalized spacial score (nSPS) is 20.2. The number of nitrogens with zero attached hydrogens (tertiary/aromatic N) is 4. The van der Waals surface area contributed by atoms with Gasteiger partial charge in [-0.05, 0) is 33.8 Å². The highest BCUT2D eigenvalue weighted by Crippen LogP contribution is 2.20. The SMILES string of the molecule is Cc1cc(=O)[nH]c([C@@H](C)N2CCO[C@@H](Cn3nc(C)cc3C)C2)n1. The van der Waals surface area contributed by atoms with Crippen LogP contribution in [-0.2, 0) is 11.3 Å². The third kappa shape index (κ3) is 3.73. The molecule has 0 aliphatic carbocycles. The number of aromatic amines is 1. The molecule has 7 heteroatoms. The van der Waals surface area contributed by atoms with Crippen molar-refractivity contribution in [2.45, 2.75) is 46.4 Å². The van der Waals surface area contributed by atoms with Crippen LogP contribution in [0.15, 0.2) is 16.9 Å². The lowest BCUT2D eigenvalue weighted by Crippen LogP contribution is -2.46. The topological polar surface area (TPSA) is 76.0 Å². The smallest absolute Gasteiger partial charge is 0.251 e. The van der Waals surface area contributed by atoms with Crippen molar-refractivity contribution in [3.8, 4) is 0 Å². The predicted molar refractivity (Wildman–Crippen MR) is 91.0 cm³/mol. The van der Waals surface area contributed by atoms with E-state index in [0.717, 1.165) is 36.7 Å². The molecule has 2 aromatic heterocycles. The molecule has 0 aromatic carbocycles. The minimum atomic E-state index is -0.100. The molecule has 1 fully saturated rings. The summed E-state index contributed by atoms with van der Waals surface area (Å²) in [6.07, 6.45) is 0.0794. The Morgan fingerprint density at radius 2 is 2.12 bits per heavy atom. The maximum atomic E-state index is 11.7. The van der Waals surface area contributed by atoms with E-state index in [1.54, 1.807) is 0 Å². The summed E-state index contributed by atoms with van der Waals surface area (Å²) in [5.74, 6) is 0.715. The summed E-state index contributed by atoms with van der Waals surface area (Å²) in [4.78, 5) is 21.3. The van der Waals surface area contributed by atoms with Gasteiger partial charge in [0.2, 0.25) is 0 Å². The summed E-state index contributed by atoms with van der Waals surface area (Å²) in [7, 11) is 0. The molecule has 1 aliphatic heterocycles. The summed E-state index contributed by atoms with van der Waals surface area (Å²) in [6.45, 7) is 11.0. The van der Waals surface area contributed by atoms with Crippen LogP contribution >= 0.6 is 0 Å². The number of hydrogen-bond donors (Lipinski definition) is 1. The van der Waals surface area contributed by atoms with E-state index >= 15 is 0 Å². The molecule has 0 amide bonds. The van der Waals surface area contributed by atoms with E-state index in [4.69, 9.17) is 4.74 Å². The first-order valence-corrected chi connectivity index (χ1v) is 8.37. The van der Waals surface area contributed by atoms with Crippen LogP contribution in [0.1, 0.15) is 35.9 Å². The molecule has 0 radical (unpaired) electrons. The van der Waals surface area contributed by atoms with Crippen LogP contribution in [0.2, 0.25) is 0 Å². The van der Waals surface area contributed by atoms with Gasteiger partial charge in [-0.25, -0.2) is 4.98 Å². The van der Waals surface area contributed by atoms with Crippen molar-refractivity contribution in [3.63, 3.8) is 0 Å². The molecule has 1 aliphatic rings. The van der Waals surface area contributed by atoms with Gasteiger partial charge in [0.25, 0.3) is 5.56 Å². The molecular weight excluding hydrogens is 306 g/mol. The van der Waals surface area contributed by atoms with Gasteiger partial charge < -0.3 is 9.72 Å². The number of ether oxygens (including phenoxy) is 1. The molecule has 3 rings (SSSR count). The van der Waals surface area contributed by atoms with E-state index in [9.17, 15) is 4.79 Å². The van der Waals surface area contributed by atoms with Gasteiger partial charge in [0.05, 0.1) is 31.0 Å². The van der Waals surface area contributed by atoms with Gasteiger partial charge in [-0.2, -0.15) is 5.10 Å². The van der Waals surface area contributed by atoms with Gasteiger partial charge in [-0.15, -0.1) is 0 Å². The van der Waals surface area contributed by atoms with Crippen molar-refractivity contribution >= 4 is 0 Å². The number of hydrogen-bond acceptors (Lipinski definition) is 5. The largest absolute Gasteiger partial charge is 0.374 e. The second-order valence-corrected chi connectivity index (χ2v) is 6.54. The predicted octanol–water partition coefficient (Wildman–Crippen LogP) is 1.35. The second kappa shape index (κ2) is 6.86. The summed E-state index contributed by atoms with van der Waals surface area (Å²) in [5, 5.41) is 4.51. The van der Waals surface area contributed by atoms with E-state index in [2.05, 4.69) is 39.9 Å². The Bertz CT molecular complexity index is 767. The zero-order chi connectivity index (χ0) is 17.3. The number of aryl methyl sites for hydroxylation is 3. The summed E-state index contributed by atoms with van der Waals surface area (Å²) >= 11 is 0. The maximum Gasteiger partial charge on any atom is 0.251 e. The van der Waals surface area contributed by atoms with Crippen molar-refractivity contribution in [3.05, 3.63) is 45.4 Å². The summed E-state index contributed by atoms with van der Waals surface area (Å²) in [6, 6.07) is 3.63. The lowest BCUT2D eigenvalue weighted by atomic mass is 10.2. The second-order valence-electron chi connectivity index (χ2n) is 6.54. The Hall–Kier alpha value is -1.99. The third-order valence-corrected chi connectivity index (χ3v) is 4.48. The van der Waals surface area contributed by atoms with Crippen molar-refractivity contribution in [1.29, 1.82) is 0 Å². The highest BCUT2D eigenvalue weighted by molar-refractivity contribution is 5.07. The van der Waals surface area contributed by atoms with Crippen LogP contribution in [0, 0.1) is 20.8 Å². The average molecular weight is 331 g/mol. The summed E-state index contributed by atoms with van der Waals surface area (Å²) in [5.41, 5.74) is 2.81. The first-order valence-electron chi connectivity index (χ1n) is 8.37. The number of rotatable bonds is 4. The Morgan fingerprint density at radius 3 is 2.79 bits per heavy atom. The molecule has 0 spiro atoms. The molecule has 2 atom stereocenters. The summed E-state index contributed by atoms with van der Waals surface area (Å²) < 4.78 is 7.92. The molecule has 1 saturated heterocycles. The Morgan fingerprint density at radius 1 is 1.33 bits per heavy atom. The van der Waals surface area contributed by atoms with E-state index in [0.29, 0.717) is 12.4 Å². The van der Waals surface area contributed by atoms with Crippen LogP contribution in [0.5, 0.6) is 0 Å². The van der Waals surface area contributed by atoms with Crippen molar-refractivity contribution in [2.24, 2.45) is 0 Å². The zero-order valence-electron chi connectivity index (χ0n) is 14.7. The molecule has 7 nitrogen and oxygen atoms in total. The Kier molecular flexibility index (Phi) is 4.82. The van der Waals surface area contributed by atoms with Crippen molar-refractivity contribution in [1.82, 2.24) is 24.6 Å². The molecule has 0 unspecified atom stereocenters. The highest BCUT2D eigenvalue weighted by Gasteiger charge is 2.27. The van der Waals surface area contributed by atoms with Crippen molar-refractivity contribution < 1.29 is 4.74 Å². The molecule has 0 saturated carbocycles. The van der Waals surface area contributed by atoms with Crippen molar-refractivity contribution in [2.75, 3.05) is 19.7 Å². The fourth-order valence-electron chi connectivity index (χ4n) is 3.23. The van der Waals surface area contributed by atoms with Gasteiger partial charge in [-0.3, -0.25) is 14.4 Å². The zero-order valence-corrected chi connectivity index (χ0v) is 14.7. The first-order chi connectivity index (χ1) is 11.4. The van der Waals surface area contributed by atoms with Crippen LogP contribution in [0.25, 0.3) is 0 Å². The molecule has 24 heavy (non-hydrogen) atoms. The number of nitrogens with one attached hydrogen (secondary N) is 1. The van der Waals surface area contributed by atoms with Gasteiger partial charge in [0.15, 0.2) is 0 Å². The lowest BCUT2D eigenvalue weighted by Gasteiger charge is -2.36. The van der Waals surface area contributed by atoms with Crippen LogP contribution in [0.4, 0.5) is 0 Å². The fraction of sp³-hybridized carbons (Fsp3) is 0.588. The highest BCUT2D eigenvalue weighted by atomic mass is 16.5. The van der Waals surface area contributed by atoms with E-state index in [-0.39, 0.29) is 17.7 Å². The van der Waals surface area contributed by atoms with Gasteiger partial charge in [-0.1, -0.05) is 0 Å². The standard InChI is InChI=1S/C17H25N5O2/c1-11-8-16(23)19-17(18-11)14(4)21-5-6-24-15(9-21)10-22-13(3)7-12(2)20-22/h7-8,14-15H,5-6,9-10H2,1-4H3,(H,18,19,23)/t14-,15-/m1/s1. The fourth-order valence-corrected chi connectivity index (χ4v) is 3.23. The monoisotopic (exact) mass is 331 g/mol. The van der Waals surface area contributed by atoms with E-state index in [1.165, 1.54) is 6.07 Å². The van der Waals surface area contributed by atoms with E-state index < -0.39 is 0 Å². The molecule has 0 bridgehead atoms.